The second kappa shape index (κ2) is 7.41. The number of rotatable bonds is 4. The highest BCUT2D eigenvalue weighted by molar-refractivity contribution is 9.10. The van der Waals surface area contributed by atoms with E-state index in [1.807, 2.05) is 0 Å². The van der Waals surface area contributed by atoms with Crippen molar-refractivity contribution in [3.63, 3.8) is 0 Å². The fraction of sp³-hybridized carbons (Fsp3) is 0.429. The van der Waals surface area contributed by atoms with Crippen LogP contribution < -0.4 is 0 Å². The number of amides is 1. The second-order valence-electron chi connectivity index (χ2n) is 5.10. The van der Waals surface area contributed by atoms with Gasteiger partial charge < -0.3 is 9.64 Å². The van der Waals surface area contributed by atoms with E-state index in [1.54, 1.807) is 24.3 Å². The first-order chi connectivity index (χ1) is 10.8. The lowest BCUT2D eigenvalue weighted by atomic mass is 10.2. The summed E-state index contributed by atoms with van der Waals surface area (Å²) in [6.45, 7) is 0.724. The molecule has 0 atom stereocenters. The first kappa shape index (κ1) is 17.9. The van der Waals surface area contributed by atoms with Gasteiger partial charge in [0.2, 0.25) is 10.0 Å². The zero-order valence-electron chi connectivity index (χ0n) is 12.6. The number of ether oxygens (including phenoxy) is 1. The van der Waals surface area contributed by atoms with Crippen LogP contribution >= 0.6 is 15.9 Å². The molecule has 0 unspecified atom stereocenters. The molecule has 0 N–H and O–H groups in total. The second-order valence-corrected chi connectivity index (χ2v) is 7.94. The van der Waals surface area contributed by atoms with Crippen LogP contribution in [0.5, 0.6) is 0 Å². The molecular weight excluding hydrogens is 388 g/mol. The molecule has 7 nitrogen and oxygen atoms in total. The van der Waals surface area contributed by atoms with E-state index in [0.29, 0.717) is 23.1 Å². The number of sulfonamides is 1. The van der Waals surface area contributed by atoms with Crippen molar-refractivity contribution in [2.24, 2.45) is 0 Å². The Labute approximate surface area is 143 Å². The van der Waals surface area contributed by atoms with Gasteiger partial charge in [0.1, 0.15) is 0 Å². The molecule has 1 saturated heterocycles. The van der Waals surface area contributed by atoms with E-state index >= 15 is 0 Å². The van der Waals surface area contributed by atoms with Crippen molar-refractivity contribution in [2.45, 2.75) is 0 Å². The number of carbonyl (C=O) groups is 2. The van der Waals surface area contributed by atoms with Gasteiger partial charge in [-0.25, -0.2) is 13.2 Å². The number of benzene rings is 1. The van der Waals surface area contributed by atoms with Crippen LogP contribution in [-0.4, -0.2) is 68.5 Å². The molecule has 2 rings (SSSR count). The highest BCUT2D eigenvalue weighted by atomic mass is 79.9. The molecule has 0 aliphatic carbocycles. The van der Waals surface area contributed by atoms with E-state index in [-0.39, 0.29) is 25.6 Å². The Balaban J connectivity index is 1.84. The summed E-state index contributed by atoms with van der Waals surface area (Å²) >= 11 is 3.25. The predicted octanol–water partition coefficient (Wildman–Crippen LogP) is 0.710. The predicted molar refractivity (Wildman–Crippen MR) is 87.4 cm³/mol. The number of nitrogens with zero attached hydrogens (tertiary/aromatic N) is 2. The van der Waals surface area contributed by atoms with Crippen molar-refractivity contribution in [1.82, 2.24) is 9.21 Å². The number of hydrogen-bond acceptors (Lipinski definition) is 5. The smallest absolute Gasteiger partial charge is 0.339 e. The highest BCUT2D eigenvalue weighted by Crippen LogP contribution is 2.16. The Hall–Kier alpha value is -1.45. The van der Waals surface area contributed by atoms with Crippen molar-refractivity contribution < 1.29 is 22.7 Å². The molecule has 1 amide bonds. The maximum Gasteiger partial charge on any atom is 0.339 e. The minimum Gasteiger partial charge on any atom is -0.452 e. The minimum absolute atomic E-state index is 0.253. The number of halogens is 1. The van der Waals surface area contributed by atoms with Crippen LogP contribution in [0.3, 0.4) is 0 Å². The summed E-state index contributed by atoms with van der Waals surface area (Å²) in [6, 6.07) is 6.78. The van der Waals surface area contributed by atoms with Gasteiger partial charge in [-0.2, -0.15) is 4.31 Å². The Morgan fingerprint density at radius 2 is 1.78 bits per heavy atom. The Morgan fingerprint density at radius 1 is 1.17 bits per heavy atom. The van der Waals surface area contributed by atoms with Crippen molar-refractivity contribution in [1.29, 1.82) is 0 Å². The first-order valence-electron chi connectivity index (χ1n) is 6.93. The molecule has 9 heteroatoms. The van der Waals surface area contributed by atoms with Gasteiger partial charge in [0.05, 0.1) is 11.8 Å². The summed E-state index contributed by atoms with van der Waals surface area (Å²) in [7, 11) is -3.24. The summed E-state index contributed by atoms with van der Waals surface area (Å²) in [5, 5.41) is 0. The molecule has 0 bridgehead atoms. The summed E-state index contributed by atoms with van der Waals surface area (Å²) in [6.07, 6.45) is 1.14. The zero-order valence-corrected chi connectivity index (χ0v) is 15.0. The van der Waals surface area contributed by atoms with Crippen LogP contribution in [-0.2, 0) is 19.6 Å². The number of hydrogen-bond donors (Lipinski definition) is 0. The first-order valence-corrected chi connectivity index (χ1v) is 9.57. The third-order valence-electron chi connectivity index (χ3n) is 3.48. The summed E-state index contributed by atoms with van der Waals surface area (Å²) < 4.78 is 29.8. The Morgan fingerprint density at radius 3 is 2.35 bits per heavy atom. The van der Waals surface area contributed by atoms with E-state index in [1.165, 1.54) is 9.21 Å². The monoisotopic (exact) mass is 404 g/mol. The SMILES string of the molecule is CS(=O)(=O)N1CCN(C(=O)COC(=O)c2ccccc2Br)CC1. The average molecular weight is 405 g/mol. The lowest BCUT2D eigenvalue weighted by molar-refractivity contribution is -0.135. The van der Waals surface area contributed by atoms with Crippen LogP contribution in [0.2, 0.25) is 0 Å². The lowest BCUT2D eigenvalue weighted by Gasteiger charge is -2.33. The van der Waals surface area contributed by atoms with Crippen LogP contribution in [0.1, 0.15) is 10.4 Å². The van der Waals surface area contributed by atoms with Crippen LogP contribution in [0, 0.1) is 0 Å². The molecule has 126 valence electrons. The van der Waals surface area contributed by atoms with Gasteiger partial charge in [-0.15, -0.1) is 0 Å². The molecule has 1 aromatic carbocycles. The van der Waals surface area contributed by atoms with E-state index in [0.717, 1.165) is 6.26 Å². The van der Waals surface area contributed by atoms with Crippen molar-refractivity contribution in [3.8, 4) is 0 Å². The minimum atomic E-state index is -3.24. The topological polar surface area (TPSA) is 84.0 Å². The van der Waals surface area contributed by atoms with Gasteiger partial charge >= 0.3 is 5.97 Å². The molecule has 1 aliphatic rings. The summed E-state index contributed by atoms with van der Waals surface area (Å²) in [5.41, 5.74) is 0.349. The molecule has 1 heterocycles. The zero-order chi connectivity index (χ0) is 17.0. The summed E-state index contributed by atoms with van der Waals surface area (Å²) in [4.78, 5) is 25.5. The van der Waals surface area contributed by atoms with E-state index in [4.69, 9.17) is 4.74 Å². The molecule has 1 fully saturated rings. The number of piperazine rings is 1. The molecular formula is C14H17BrN2O5S. The number of esters is 1. The van der Waals surface area contributed by atoms with Crippen molar-refractivity contribution in [2.75, 3.05) is 39.0 Å². The Bertz CT molecular complexity index is 699. The molecule has 1 aromatic rings. The van der Waals surface area contributed by atoms with E-state index in [2.05, 4.69) is 15.9 Å². The maximum atomic E-state index is 12.0. The molecule has 0 radical (unpaired) electrons. The van der Waals surface area contributed by atoms with Crippen molar-refractivity contribution in [3.05, 3.63) is 34.3 Å². The van der Waals surface area contributed by atoms with E-state index < -0.39 is 16.0 Å². The molecule has 0 saturated carbocycles. The Kier molecular flexibility index (Phi) is 5.77. The van der Waals surface area contributed by atoms with Gasteiger partial charge in [0, 0.05) is 30.7 Å². The lowest BCUT2D eigenvalue weighted by Crippen LogP contribution is -2.51. The van der Waals surface area contributed by atoms with E-state index in [9.17, 15) is 18.0 Å². The van der Waals surface area contributed by atoms with Gasteiger partial charge in [-0.1, -0.05) is 12.1 Å². The molecule has 0 spiro atoms. The normalized spacial score (nSPS) is 16.2. The standard InChI is InChI=1S/C14H17BrN2O5S/c1-23(20,21)17-8-6-16(7-9-17)13(18)10-22-14(19)11-4-2-3-5-12(11)15/h2-5H,6-10H2,1H3. The maximum absolute atomic E-state index is 12.0. The van der Waals surface area contributed by atoms with Gasteiger partial charge in [0.15, 0.2) is 6.61 Å². The largest absolute Gasteiger partial charge is 0.452 e. The van der Waals surface area contributed by atoms with Gasteiger partial charge in [0.25, 0.3) is 5.91 Å². The third kappa shape index (κ3) is 4.76. The van der Waals surface area contributed by atoms with Gasteiger partial charge in [-0.3, -0.25) is 4.79 Å². The molecule has 0 aromatic heterocycles. The molecule has 1 aliphatic heterocycles. The third-order valence-corrected chi connectivity index (χ3v) is 5.48. The average Bonchev–Trinajstić information content (AvgIpc) is 2.52. The quantitative estimate of drug-likeness (QED) is 0.689. The fourth-order valence-corrected chi connectivity index (χ4v) is 3.47. The fourth-order valence-electron chi connectivity index (χ4n) is 2.19. The highest BCUT2D eigenvalue weighted by Gasteiger charge is 2.26. The molecule has 23 heavy (non-hydrogen) atoms. The van der Waals surface area contributed by atoms with Gasteiger partial charge in [-0.05, 0) is 28.1 Å². The van der Waals surface area contributed by atoms with Crippen LogP contribution in [0.15, 0.2) is 28.7 Å². The number of carbonyl (C=O) groups excluding carboxylic acids is 2. The van der Waals surface area contributed by atoms with Crippen LogP contribution in [0.4, 0.5) is 0 Å². The van der Waals surface area contributed by atoms with Crippen molar-refractivity contribution >= 4 is 37.8 Å². The summed E-state index contributed by atoms with van der Waals surface area (Å²) in [5.74, 6) is -0.917. The van der Waals surface area contributed by atoms with Crippen LogP contribution in [0.25, 0.3) is 0 Å².